The second kappa shape index (κ2) is 10.9. The Morgan fingerprint density at radius 2 is 1.90 bits per heavy atom. The molecule has 3 nitrogen and oxygen atoms in total. The third kappa shape index (κ3) is 5.75. The second-order valence-electron chi connectivity index (χ2n) is 8.32. The first-order valence-corrected chi connectivity index (χ1v) is 12.5. The molecule has 3 aromatic rings. The lowest BCUT2D eigenvalue weighted by molar-refractivity contribution is 0.297. The summed E-state index contributed by atoms with van der Waals surface area (Å²) in [4.78, 5) is 8.52. The summed E-state index contributed by atoms with van der Waals surface area (Å²) in [5.41, 5.74) is 4.06. The van der Waals surface area contributed by atoms with Gasteiger partial charge in [-0.05, 0) is 67.8 Å². The molecule has 0 amide bonds. The van der Waals surface area contributed by atoms with Gasteiger partial charge in [-0.1, -0.05) is 50.6 Å². The third-order valence-corrected chi connectivity index (χ3v) is 6.91. The summed E-state index contributed by atoms with van der Waals surface area (Å²) in [6.45, 7) is 8.69. The SMILES string of the molecule is CCCCOc1cccc(Sc2ccc3[nH]cc(C4=CCN(CCCC)CC4)c3c2)c1. The van der Waals surface area contributed by atoms with Gasteiger partial charge in [-0.3, -0.25) is 4.90 Å². The fraction of sp³-hybridized carbons (Fsp3) is 0.407. The number of fused-ring (bicyclic) bond motifs is 1. The fourth-order valence-corrected chi connectivity index (χ4v) is 4.97. The van der Waals surface area contributed by atoms with Crippen LogP contribution in [0.2, 0.25) is 0 Å². The Balaban J connectivity index is 1.49. The third-order valence-electron chi connectivity index (χ3n) is 5.93. The number of aromatic nitrogens is 1. The summed E-state index contributed by atoms with van der Waals surface area (Å²) in [5.74, 6) is 0.960. The van der Waals surface area contributed by atoms with Gasteiger partial charge in [0.05, 0.1) is 6.61 Å². The molecular formula is C27H34N2OS. The van der Waals surface area contributed by atoms with Gasteiger partial charge < -0.3 is 9.72 Å². The number of nitrogens with zero attached hydrogens (tertiary/aromatic N) is 1. The number of nitrogens with one attached hydrogen (secondary N) is 1. The van der Waals surface area contributed by atoms with Crippen molar-refractivity contribution in [3.63, 3.8) is 0 Å². The molecule has 0 atom stereocenters. The van der Waals surface area contributed by atoms with Crippen molar-refractivity contribution >= 4 is 28.2 Å². The molecule has 0 radical (unpaired) electrons. The van der Waals surface area contributed by atoms with Crippen molar-refractivity contribution in [3.05, 3.63) is 60.3 Å². The predicted molar refractivity (Wildman–Crippen MR) is 133 cm³/mol. The molecule has 0 saturated heterocycles. The van der Waals surface area contributed by atoms with Crippen LogP contribution in [0.5, 0.6) is 5.75 Å². The molecule has 4 rings (SSSR count). The van der Waals surface area contributed by atoms with Crippen LogP contribution in [0.3, 0.4) is 0 Å². The van der Waals surface area contributed by atoms with Crippen molar-refractivity contribution in [2.75, 3.05) is 26.2 Å². The van der Waals surface area contributed by atoms with Gasteiger partial charge in [-0.15, -0.1) is 0 Å². The lowest BCUT2D eigenvalue weighted by Gasteiger charge is -2.26. The monoisotopic (exact) mass is 434 g/mol. The van der Waals surface area contributed by atoms with E-state index in [4.69, 9.17) is 4.74 Å². The van der Waals surface area contributed by atoms with Gasteiger partial charge in [-0.25, -0.2) is 0 Å². The molecule has 0 spiro atoms. The molecule has 0 fully saturated rings. The average molecular weight is 435 g/mol. The Morgan fingerprint density at radius 1 is 1.03 bits per heavy atom. The Bertz CT molecular complexity index is 1020. The first-order valence-electron chi connectivity index (χ1n) is 11.7. The molecule has 1 aliphatic heterocycles. The van der Waals surface area contributed by atoms with Crippen LogP contribution < -0.4 is 4.74 Å². The summed E-state index contributed by atoms with van der Waals surface area (Å²) in [7, 11) is 0. The first-order chi connectivity index (χ1) is 15.3. The smallest absolute Gasteiger partial charge is 0.120 e. The van der Waals surface area contributed by atoms with E-state index in [2.05, 4.69) is 72.4 Å². The largest absolute Gasteiger partial charge is 0.494 e. The highest BCUT2D eigenvalue weighted by molar-refractivity contribution is 7.99. The van der Waals surface area contributed by atoms with E-state index in [1.807, 2.05) is 6.07 Å². The van der Waals surface area contributed by atoms with E-state index >= 15 is 0 Å². The van der Waals surface area contributed by atoms with Crippen molar-refractivity contribution in [2.24, 2.45) is 0 Å². The van der Waals surface area contributed by atoms with Gasteiger partial charge >= 0.3 is 0 Å². The summed E-state index contributed by atoms with van der Waals surface area (Å²) in [6.07, 6.45) is 10.6. The van der Waals surface area contributed by atoms with E-state index in [9.17, 15) is 0 Å². The molecular weight excluding hydrogens is 400 g/mol. The lowest BCUT2D eigenvalue weighted by Crippen LogP contribution is -2.29. The van der Waals surface area contributed by atoms with Crippen LogP contribution in [0, 0.1) is 0 Å². The molecule has 2 aromatic carbocycles. The highest BCUT2D eigenvalue weighted by atomic mass is 32.2. The van der Waals surface area contributed by atoms with Crippen molar-refractivity contribution in [1.82, 2.24) is 9.88 Å². The van der Waals surface area contributed by atoms with Gasteiger partial charge in [-0.2, -0.15) is 0 Å². The fourth-order valence-electron chi connectivity index (χ4n) is 4.07. The van der Waals surface area contributed by atoms with E-state index in [0.717, 1.165) is 44.7 Å². The van der Waals surface area contributed by atoms with Crippen LogP contribution in [0.4, 0.5) is 0 Å². The molecule has 1 aromatic heterocycles. The van der Waals surface area contributed by atoms with E-state index in [0.29, 0.717) is 0 Å². The normalized spacial score (nSPS) is 14.7. The molecule has 1 N–H and O–H groups in total. The minimum Gasteiger partial charge on any atom is -0.494 e. The minimum absolute atomic E-state index is 0.786. The number of H-pyrrole nitrogens is 1. The Labute approximate surface area is 190 Å². The Morgan fingerprint density at radius 3 is 2.71 bits per heavy atom. The standard InChI is InChI=1S/C27H34N2OS/c1-3-5-14-29-15-12-21(13-16-29)26-20-28-27-11-10-24(19-25(26)27)31-23-9-7-8-22(18-23)30-17-6-4-2/h7-12,18-20,28H,3-6,13-17H2,1-2H3. The predicted octanol–water partition coefficient (Wildman–Crippen LogP) is 7.39. The van der Waals surface area contributed by atoms with Gasteiger partial charge in [0.15, 0.2) is 0 Å². The van der Waals surface area contributed by atoms with Gasteiger partial charge in [0.1, 0.15) is 5.75 Å². The van der Waals surface area contributed by atoms with Crippen LogP contribution in [-0.2, 0) is 0 Å². The van der Waals surface area contributed by atoms with Crippen molar-refractivity contribution in [2.45, 2.75) is 55.7 Å². The molecule has 0 aliphatic carbocycles. The van der Waals surface area contributed by atoms with Crippen molar-refractivity contribution in [3.8, 4) is 5.75 Å². The molecule has 0 saturated carbocycles. The average Bonchev–Trinajstić information content (AvgIpc) is 3.22. The molecule has 31 heavy (non-hydrogen) atoms. The summed E-state index contributed by atoms with van der Waals surface area (Å²) >= 11 is 1.80. The topological polar surface area (TPSA) is 28.3 Å². The molecule has 2 heterocycles. The number of aromatic amines is 1. The lowest BCUT2D eigenvalue weighted by atomic mass is 9.99. The zero-order valence-corrected chi connectivity index (χ0v) is 19.6. The molecule has 1 aliphatic rings. The maximum atomic E-state index is 5.88. The number of ether oxygens (including phenoxy) is 1. The summed E-state index contributed by atoms with van der Waals surface area (Å²) < 4.78 is 5.88. The van der Waals surface area contributed by atoms with Crippen LogP contribution in [0.25, 0.3) is 16.5 Å². The van der Waals surface area contributed by atoms with Crippen molar-refractivity contribution in [1.29, 1.82) is 0 Å². The van der Waals surface area contributed by atoms with Crippen LogP contribution in [-0.4, -0.2) is 36.1 Å². The maximum absolute atomic E-state index is 5.88. The first kappa shape index (κ1) is 22.0. The van der Waals surface area contributed by atoms with Gasteiger partial charge in [0.2, 0.25) is 0 Å². The van der Waals surface area contributed by atoms with E-state index < -0.39 is 0 Å². The van der Waals surface area contributed by atoms with Gasteiger partial charge in [0.25, 0.3) is 0 Å². The maximum Gasteiger partial charge on any atom is 0.120 e. The Kier molecular flexibility index (Phi) is 7.76. The zero-order valence-electron chi connectivity index (χ0n) is 18.8. The number of benzene rings is 2. The zero-order chi connectivity index (χ0) is 21.5. The van der Waals surface area contributed by atoms with Crippen LogP contribution in [0.1, 0.15) is 51.5 Å². The summed E-state index contributed by atoms with van der Waals surface area (Å²) in [6, 6.07) is 15.2. The molecule has 0 bridgehead atoms. The second-order valence-corrected chi connectivity index (χ2v) is 9.47. The number of rotatable bonds is 10. The highest BCUT2D eigenvalue weighted by Crippen LogP contribution is 2.35. The van der Waals surface area contributed by atoms with Crippen molar-refractivity contribution < 1.29 is 4.74 Å². The molecule has 0 unspecified atom stereocenters. The van der Waals surface area contributed by atoms with E-state index in [1.165, 1.54) is 51.2 Å². The molecule has 4 heteroatoms. The minimum atomic E-state index is 0.786. The number of hydrogen-bond acceptors (Lipinski definition) is 3. The van der Waals surface area contributed by atoms with E-state index in [-0.39, 0.29) is 0 Å². The Hall–Kier alpha value is -2.17. The van der Waals surface area contributed by atoms with E-state index in [1.54, 1.807) is 11.8 Å². The highest BCUT2D eigenvalue weighted by Gasteiger charge is 2.15. The van der Waals surface area contributed by atoms with Crippen LogP contribution >= 0.6 is 11.8 Å². The summed E-state index contributed by atoms with van der Waals surface area (Å²) in [5, 5.41) is 1.33. The molecule has 164 valence electrons. The quantitative estimate of drug-likeness (QED) is 0.337. The van der Waals surface area contributed by atoms with Gasteiger partial charge in [0, 0.05) is 45.5 Å². The van der Waals surface area contributed by atoms with Crippen LogP contribution in [0.15, 0.2) is 64.5 Å². The number of unbranched alkanes of at least 4 members (excludes halogenated alkanes) is 2. The number of hydrogen-bond donors (Lipinski definition) is 1.